The minimum atomic E-state index is -4.41. The second-order valence-corrected chi connectivity index (χ2v) is 7.71. The number of aromatic nitrogens is 2. The first-order chi connectivity index (χ1) is 14.3. The second-order valence-electron chi connectivity index (χ2n) is 7.71. The highest BCUT2D eigenvalue weighted by Crippen LogP contribution is 2.45. The predicted octanol–water partition coefficient (Wildman–Crippen LogP) is 4.33. The minimum Gasteiger partial charge on any atom is -0.493 e. The first-order valence-corrected chi connectivity index (χ1v) is 9.87. The van der Waals surface area contributed by atoms with E-state index in [-0.39, 0.29) is 12.5 Å². The van der Waals surface area contributed by atoms with Crippen LogP contribution in [-0.2, 0) is 0 Å². The molecule has 3 atom stereocenters. The van der Waals surface area contributed by atoms with Crippen molar-refractivity contribution in [1.82, 2.24) is 15.1 Å². The Balaban J connectivity index is 1.70. The van der Waals surface area contributed by atoms with Gasteiger partial charge in [-0.2, -0.15) is 18.3 Å². The Labute approximate surface area is 173 Å². The number of ether oxygens (including phenoxy) is 2. The van der Waals surface area contributed by atoms with Crippen LogP contribution in [-0.4, -0.2) is 42.8 Å². The number of benzene rings is 1. The lowest BCUT2D eigenvalue weighted by Gasteiger charge is -2.33. The van der Waals surface area contributed by atoms with Crippen LogP contribution in [0.1, 0.15) is 43.1 Å². The number of hydrogen-bond acceptors (Lipinski definition) is 5. The molecule has 0 radical (unpaired) electrons. The van der Waals surface area contributed by atoms with E-state index in [9.17, 15) is 13.2 Å². The molecule has 1 aromatic heterocycles. The highest BCUT2D eigenvalue weighted by Gasteiger charge is 2.46. The molecule has 2 N–H and O–H groups in total. The summed E-state index contributed by atoms with van der Waals surface area (Å²) < 4.78 is 53.4. The summed E-state index contributed by atoms with van der Waals surface area (Å²) in [5, 5.41) is 10.9. The number of rotatable bonds is 4. The van der Waals surface area contributed by atoms with Crippen LogP contribution in [0, 0.1) is 0 Å². The highest BCUT2D eigenvalue weighted by atomic mass is 19.4. The van der Waals surface area contributed by atoms with E-state index in [4.69, 9.17) is 9.47 Å². The third kappa shape index (κ3) is 3.86. The summed E-state index contributed by atoms with van der Waals surface area (Å²) in [5.41, 5.74) is 2.26. The number of alkyl halides is 3. The average molecular weight is 422 g/mol. The van der Waals surface area contributed by atoms with E-state index in [1.54, 1.807) is 24.3 Å². The van der Waals surface area contributed by atoms with Gasteiger partial charge in [0.1, 0.15) is 5.82 Å². The van der Waals surface area contributed by atoms with Crippen LogP contribution in [0.5, 0.6) is 11.5 Å². The Morgan fingerprint density at radius 1 is 1.13 bits per heavy atom. The Morgan fingerprint density at radius 3 is 2.57 bits per heavy atom. The molecule has 30 heavy (non-hydrogen) atoms. The van der Waals surface area contributed by atoms with Gasteiger partial charge in [-0.05, 0) is 36.6 Å². The molecule has 9 heteroatoms. The summed E-state index contributed by atoms with van der Waals surface area (Å²) in [7, 11) is 3.02. The molecule has 0 bridgehead atoms. The van der Waals surface area contributed by atoms with Crippen LogP contribution < -0.4 is 20.1 Å². The van der Waals surface area contributed by atoms with E-state index in [1.807, 2.05) is 13.0 Å². The molecule has 0 aliphatic carbocycles. The summed E-state index contributed by atoms with van der Waals surface area (Å²) in [6, 6.07) is 4.92. The van der Waals surface area contributed by atoms with E-state index >= 15 is 0 Å². The lowest BCUT2D eigenvalue weighted by Crippen LogP contribution is -2.35. The molecule has 4 rings (SSSR count). The highest BCUT2D eigenvalue weighted by molar-refractivity contribution is 5.67. The standard InChI is InChI=1S/C21H25F3N4O2/c1-12-8-14(6-7-25-12)16-11-20-26-15(10-19(21(22,23)24)28(20)27-16)13-4-5-17(29-2)18(9-13)30-3/h4-6,9,11-12,15,19,25-26H,7-8,10H2,1-3H3. The molecule has 1 aromatic carbocycles. The van der Waals surface area contributed by atoms with Gasteiger partial charge < -0.3 is 20.1 Å². The molecule has 3 unspecified atom stereocenters. The molecule has 162 valence electrons. The van der Waals surface area contributed by atoms with Gasteiger partial charge in [0.15, 0.2) is 17.5 Å². The zero-order valence-electron chi connectivity index (χ0n) is 17.1. The largest absolute Gasteiger partial charge is 0.493 e. The van der Waals surface area contributed by atoms with Crippen molar-refractivity contribution in [2.24, 2.45) is 0 Å². The maximum atomic E-state index is 13.9. The summed E-state index contributed by atoms with van der Waals surface area (Å²) in [5.74, 6) is 1.38. The number of hydrogen-bond donors (Lipinski definition) is 2. The van der Waals surface area contributed by atoms with Crippen molar-refractivity contribution in [3.63, 3.8) is 0 Å². The van der Waals surface area contributed by atoms with E-state index in [1.165, 1.54) is 14.2 Å². The van der Waals surface area contributed by atoms with Crippen molar-refractivity contribution in [3.8, 4) is 11.5 Å². The molecule has 2 aromatic rings. The lowest BCUT2D eigenvalue weighted by molar-refractivity contribution is -0.173. The van der Waals surface area contributed by atoms with E-state index in [0.29, 0.717) is 35.1 Å². The average Bonchev–Trinajstić information content (AvgIpc) is 3.16. The maximum Gasteiger partial charge on any atom is 0.410 e. The Bertz CT molecular complexity index is 954. The number of nitrogens with zero attached hydrogens (tertiary/aromatic N) is 2. The summed E-state index contributed by atoms with van der Waals surface area (Å²) in [6.45, 7) is 2.73. The zero-order chi connectivity index (χ0) is 21.5. The van der Waals surface area contributed by atoms with Gasteiger partial charge in [0.05, 0.1) is 26.0 Å². The Kier molecular flexibility index (Phi) is 5.40. The van der Waals surface area contributed by atoms with Gasteiger partial charge in [-0.25, -0.2) is 4.68 Å². The molecule has 6 nitrogen and oxygen atoms in total. The Hall–Kier alpha value is -2.68. The van der Waals surface area contributed by atoms with E-state index < -0.39 is 18.3 Å². The third-order valence-corrected chi connectivity index (χ3v) is 5.67. The van der Waals surface area contributed by atoms with Crippen LogP contribution in [0.15, 0.2) is 30.3 Å². The van der Waals surface area contributed by atoms with Gasteiger partial charge in [0.2, 0.25) is 0 Å². The molecule has 0 fully saturated rings. The summed E-state index contributed by atoms with van der Waals surface area (Å²) in [6.07, 6.45) is -1.86. The summed E-state index contributed by atoms with van der Waals surface area (Å²) >= 11 is 0. The second kappa shape index (κ2) is 7.86. The molecule has 0 saturated carbocycles. The minimum absolute atomic E-state index is 0.163. The number of anilines is 1. The van der Waals surface area contributed by atoms with Crippen molar-refractivity contribution >= 4 is 11.4 Å². The molecular weight excluding hydrogens is 397 g/mol. The molecule has 2 aliphatic heterocycles. The van der Waals surface area contributed by atoms with Crippen molar-refractivity contribution in [1.29, 1.82) is 0 Å². The SMILES string of the molecule is COc1ccc(C2CC(C(F)(F)F)n3nc(C4=CCNC(C)C4)cc3N2)cc1OC. The zero-order valence-corrected chi connectivity index (χ0v) is 17.1. The predicted molar refractivity (Wildman–Crippen MR) is 108 cm³/mol. The van der Waals surface area contributed by atoms with Crippen LogP contribution in [0.25, 0.3) is 5.57 Å². The van der Waals surface area contributed by atoms with Crippen LogP contribution in [0.3, 0.4) is 0 Å². The fraction of sp³-hybridized carbons (Fsp3) is 0.476. The number of fused-ring (bicyclic) bond motifs is 1. The number of nitrogens with one attached hydrogen (secondary N) is 2. The van der Waals surface area contributed by atoms with E-state index in [0.717, 1.165) is 16.7 Å². The Morgan fingerprint density at radius 2 is 1.90 bits per heavy atom. The van der Waals surface area contributed by atoms with Gasteiger partial charge >= 0.3 is 6.18 Å². The smallest absolute Gasteiger partial charge is 0.410 e. The topological polar surface area (TPSA) is 60.3 Å². The fourth-order valence-electron chi connectivity index (χ4n) is 4.10. The first-order valence-electron chi connectivity index (χ1n) is 9.87. The fourth-order valence-corrected chi connectivity index (χ4v) is 4.10. The van der Waals surface area contributed by atoms with Gasteiger partial charge in [0.25, 0.3) is 0 Å². The normalized spacial score (nSPS) is 23.9. The van der Waals surface area contributed by atoms with E-state index in [2.05, 4.69) is 15.7 Å². The van der Waals surface area contributed by atoms with Crippen molar-refractivity contribution in [2.45, 2.75) is 44.1 Å². The van der Waals surface area contributed by atoms with Crippen molar-refractivity contribution < 1.29 is 22.6 Å². The summed E-state index contributed by atoms with van der Waals surface area (Å²) in [4.78, 5) is 0. The number of halogens is 3. The van der Waals surface area contributed by atoms with Crippen LogP contribution in [0.2, 0.25) is 0 Å². The first kappa shape index (κ1) is 20.6. The molecule has 0 saturated heterocycles. The van der Waals surface area contributed by atoms with Gasteiger partial charge in [-0.1, -0.05) is 12.1 Å². The van der Waals surface area contributed by atoms with Gasteiger partial charge in [0, 0.05) is 25.1 Å². The molecule has 2 aliphatic rings. The van der Waals surface area contributed by atoms with Crippen LogP contribution in [0.4, 0.5) is 19.0 Å². The third-order valence-electron chi connectivity index (χ3n) is 5.67. The molecular formula is C21H25F3N4O2. The number of methoxy groups -OCH3 is 2. The van der Waals surface area contributed by atoms with Crippen molar-refractivity contribution in [3.05, 3.63) is 41.6 Å². The maximum absolute atomic E-state index is 13.9. The lowest BCUT2D eigenvalue weighted by atomic mass is 9.96. The van der Waals surface area contributed by atoms with Crippen LogP contribution >= 0.6 is 0 Å². The van der Waals surface area contributed by atoms with Crippen molar-refractivity contribution in [2.75, 3.05) is 26.1 Å². The molecule has 0 spiro atoms. The molecule has 0 amide bonds. The van der Waals surface area contributed by atoms with Gasteiger partial charge in [-0.3, -0.25) is 0 Å². The monoisotopic (exact) mass is 422 g/mol. The molecule has 3 heterocycles. The van der Waals surface area contributed by atoms with Gasteiger partial charge in [-0.15, -0.1) is 0 Å². The quantitative estimate of drug-likeness (QED) is 0.768.